The van der Waals surface area contributed by atoms with Crippen LogP contribution in [0.25, 0.3) is 0 Å². The number of hydrogen-bond acceptors (Lipinski definition) is 0. The van der Waals surface area contributed by atoms with Crippen LogP contribution < -0.4 is 4.70 Å². The average molecular weight is 128 g/mol. The van der Waals surface area contributed by atoms with Crippen molar-refractivity contribution in [2.24, 2.45) is 0 Å². The van der Waals surface area contributed by atoms with Crippen LogP contribution in [0, 0.1) is 6.92 Å². The molecule has 2 heteroatoms. The Morgan fingerprint density at radius 3 is 1.88 bits per heavy atom. The standard InChI is InChI=1S/C6H13.FH.Mg/c1-3-5-6-4-2;;/h1,3-6H2,2H3;1H;/q-1;;+2/p-1. The fraction of sp³-hybridized carbons (Fsp3) is 0.833. The van der Waals surface area contributed by atoms with E-state index >= 15 is 0 Å². The Kier molecular flexibility index (Phi) is 31.1. The first-order chi connectivity index (χ1) is 2.91. The average Bonchev–Trinajstić information content (AvgIpc) is 1.61. The van der Waals surface area contributed by atoms with Gasteiger partial charge in [-0.15, -0.1) is 0 Å². The van der Waals surface area contributed by atoms with Crippen LogP contribution in [0.5, 0.6) is 0 Å². The maximum absolute atomic E-state index is 3.72. The Morgan fingerprint density at radius 1 is 1.25 bits per heavy atom. The van der Waals surface area contributed by atoms with Crippen molar-refractivity contribution in [2.45, 2.75) is 32.6 Å². The van der Waals surface area contributed by atoms with E-state index in [0.717, 1.165) is 6.42 Å². The van der Waals surface area contributed by atoms with Crippen LogP contribution in [0.15, 0.2) is 0 Å². The van der Waals surface area contributed by atoms with Gasteiger partial charge in [0.2, 0.25) is 0 Å². The second-order valence-corrected chi connectivity index (χ2v) is 1.56. The van der Waals surface area contributed by atoms with Crippen molar-refractivity contribution < 1.29 is 4.70 Å². The van der Waals surface area contributed by atoms with Gasteiger partial charge in [-0.05, 0) is 0 Å². The fourth-order valence-electron chi connectivity index (χ4n) is 0.427. The summed E-state index contributed by atoms with van der Waals surface area (Å²) in [6, 6.07) is 0. The van der Waals surface area contributed by atoms with Crippen molar-refractivity contribution >= 4 is 23.1 Å². The second kappa shape index (κ2) is 15.6. The smallest absolute Gasteiger partial charge is 1.00 e. The van der Waals surface area contributed by atoms with Crippen molar-refractivity contribution in [1.29, 1.82) is 0 Å². The number of hydrogen-bond donors (Lipinski definition) is 0. The van der Waals surface area contributed by atoms with E-state index in [2.05, 4.69) is 13.8 Å². The molecule has 8 heavy (non-hydrogen) atoms. The SMILES string of the molecule is [CH2-]CCCCC.[F-].[Mg+2]. The van der Waals surface area contributed by atoms with E-state index < -0.39 is 0 Å². The van der Waals surface area contributed by atoms with E-state index in [9.17, 15) is 0 Å². The first kappa shape index (κ1) is 15.9. The van der Waals surface area contributed by atoms with Crippen LogP contribution in [-0.4, -0.2) is 23.1 Å². The third-order valence-corrected chi connectivity index (χ3v) is 0.854. The van der Waals surface area contributed by atoms with Gasteiger partial charge >= 0.3 is 23.1 Å². The molecule has 0 radical (unpaired) electrons. The molecule has 0 heterocycles. The van der Waals surface area contributed by atoms with E-state index in [4.69, 9.17) is 0 Å². The third-order valence-electron chi connectivity index (χ3n) is 0.854. The summed E-state index contributed by atoms with van der Waals surface area (Å²) >= 11 is 0. The molecule has 0 N–H and O–H groups in total. The summed E-state index contributed by atoms with van der Waals surface area (Å²) in [5.74, 6) is 0. The molecule has 0 aliphatic rings. The second-order valence-electron chi connectivity index (χ2n) is 1.56. The molecule has 0 aromatic heterocycles. The summed E-state index contributed by atoms with van der Waals surface area (Å²) in [5.41, 5.74) is 0. The Labute approximate surface area is 67.6 Å². The van der Waals surface area contributed by atoms with Crippen molar-refractivity contribution in [3.05, 3.63) is 6.92 Å². The minimum Gasteiger partial charge on any atom is -1.00 e. The zero-order chi connectivity index (χ0) is 4.83. The Bertz CT molecular complexity index is 20.5. The first-order valence-corrected chi connectivity index (χ1v) is 2.71. The Hall–Kier alpha value is 0.696. The minimum atomic E-state index is 0. The molecule has 0 atom stereocenters. The molecule has 0 amide bonds. The molecule has 0 spiro atoms. The summed E-state index contributed by atoms with van der Waals surface area (Å²) in [4.78, 5) is 0. The summed E-state index contributed by atoms with van der Waals surface area (Å²) in [6.07, 6.45) is 5.07. The predicted octanol–water partition coefficient (Wildman–Crippen LogP) is -0.976. The fourth-order valence-corrected chi connectivity index (χ4v) is 0.427. The third kappa shape index (κ3) is 15.9. The van der Waals surface area contributed by atoms with Gasteiger partial charge < -0.3 is 11.6 Å². The molecule has 0 rings (SSSR count). The summed E-state index contributed by atoms with van der Waals surface area (Å²) in [7, 11) is 0. The van der Waals surface area contributed by atoms with Crippen LogP contribution in [0.4, 0.5) is 0 Å². The maximum atomic E-state index is 3.72. The maximum Gasteiger partial charge on any atom is 2.00 e. The molecule has 0 aromatic carbocycles. The van der Waals surface area contributed by atoms with Gasteiger partial charge in [0.05, 0.1) is 0 Å². The normalized spacial score (nSPS) is 6.75. The van der Waals surface area contributed by atoms with E-state index in [1.54, 1.807) is 0 Å². The largest absolute Gasteiger partial charge is 2.00 e. The van der Waals surface area contributed by atoms with Crippen molar-refractivity contribution in [1.82, 2.24) is 0 Å². The van der Waals surface area contributed by atoms with E-state index in [0.29, 0.717) is 0 Å². The summed E-state index contributed by atoms with van der Waals surface area (Å²) in [5, 5.41) is 0. The topological polar surface area (TPSA) is 0 Å². The zero-order valence-corrected chi connectivity index (χ0v) is 7.03. The molecular weight excluding hydrogens is 115 g/mol. The van der Waals surface area contributed by atoms with Crippen LogP contribution >= 0.6 is 0 Å². The van der Waals surface area contributed by atoms with Gasteiger partial charge in [0.15, 0.2) is 0 Å². The molecule has 0 aliphatic heterocycles. The molecule has 0 bridgehead atoms. The molecule has 0 aromatic rings. The molecule has 0 saturated heterocycles. The van der Waals surface area contributed by atoms with E-state index in [-0.39, 0.29) is 27.8 Å². The van der Waals surface area contributed by atoms with Gasteiger partial charge in [-0.3, -0.25) is 0 Å². The van der Waals surface area contributed by atoms with Gasteiger partial charge in [-0.1, -0.05) is 26.2 Å². The van der Waals surface area contributed by atoms with Gasteiger partial charge in [-0.2, -0.15) is 6.42 Å². The monoisotopic (exact) mass is 128 g/mol. The Balaban J connectivity index is -0.000000125. The van der Waals surface area contributed by atoms with E-state index in [1.165, 1.54) is 19.3 Å². The number of rotatable bonds is 3. The molecule has 0 aliphatic carbocycles. The van der Waals surface area contributed by atoms with Crippen molar-refractivity contribution in [2.75, 3.05) is 0 Å². The molecule has 0 unspecified atom stereocenters. The van der Waals surface area contributed by atoms with Crippen molar-refractivity contribution in [3.63, 3.8) is 0 Å². The number of unbranched alkanes of at least 4 members (excludes halogenated alkanes) is 3. The van der Waals surface area contributed by atoms with Crippen LogP contribution in [0.2, 0.25) is 0 Å². The summed E-state index contributed by atoms with van der Waals surface area (Å²) < 4.78 is 0. The molecule has 0 nitrogen and oxygen atoms in total. The van der Waals surface area contributed by atoms with Gasteiger partial charge in [0.25, 0.3) is 0 Å². The predicted molar refractivity (Wildman–Crippen MR) is 35.3 cm³/mol. The van der Waals surface area contributed by atoms with Crippen LogP contribution in [0.1, 0.15) is 32.6 Å². The van der Waals surface area contributed by atoms with Gasteiger partial charge in [0, 0.05) is 0 Å². The van der Waals surface area contributed by atoms with Crippen LogP contribution in [0.3, 0.4) is 0 Å². The molecule has 0 fully saturated rings. The molecule has 46 valence electrons. The first-order valence-electron chi connectivity index (χ1n) is 2.71. The zero-order valence-electron chi connectivity index (χ0n) is 5.62. The molecule has 0 saturated carbocycles. The number of halogens is 1. The summed E-state index contributed by atoms with van der Waals surface area (Å²) in [6.45, 7) is 5.93. The van der Waals surface area contributed by atoms with Gasteiger partial charge in [-0.25, -0.2) is 0 Å². The Morgan fingerprint density at radius 2 is 1.75 bits per heavy atom. The van der Waals surface area contributed by atoms with Crippen molar-refractivity contribution in [3.8, 4) is 0 Å². The van der Waals surface area contributed by atoms with E-state index in [1.807, 2.05) is 0 Å². The molecular formula is C6H13FMg. The van der Waals surface area contributed by atoms with Crippen LogP contribution in [-0.2, 0) is 0 Å². The van der Waals surface area contributed by atoms with Gasteiger partial charge in [0.1, 0.15) is 0 Å². The minimum absolute atomic E-state index is 0. The quantitative estimate of drug-likeness (QED) is 0.261.